The molecule has 1 amide bonds. The van der Waals surface area contributed by atoms with E-state index in [9.17, 15) is 4.79 Å². The number of rotatable bonds is 4. The molecule has 0 fully saturated rings. The summed E-state index contributed by atoms with van der Waals surface area (Å²) in [5, 5.41) is 6.94. The van der Waals surface area contributed by atoms with E-state index in [1.807, 2.05) is 20.8 Å². The number of hydrogen-bond acceptors (Lipinski definition) is 3. The lowest BCUT2D eigenvalue weighted by molar-refractivity contribution is 0.0933. The van der Waals surface area contributed by atoms with Gasteiger partial charge in [0, 0.05) is 18.7 Å². The van der Waals surface area contributed by atoms with Crippen LogP contribution in [0.2, 0.25) is 0 Å². The Labute approximate surface area is 89.6 Å². The molecule has 1 atom stereocenters. The lowest BCUT2D eigenvalue weighted by Crippen LogP contribution is -2.32. The molecule has 0 aliphatic rings. The van der Waals surface area contributed by atoms with Gasteiger partial charge in [-0.15, -0.1) is 0 Å². The minimum absolute atomic E-state index is 0.158. The zero-order valence-corrected chi connectivity index (χ0v) is 9.45. The molecule has 1 rings (SSSR count). The van der Waals surface area contributed by atoms with Gasteiger partial charge in [0.05, 0.1) is 0 Å². The maximum absolute atomic E-state index is 11.7. The molecule has 0 saturated heterocycles. The Kier molecular flexibility index (Phi) is 3.71. The third-order valence-corrected chi connectivity index (χ3v) is 2.33. The molecular weight excluding hydrogens is 192 g/mol. The van der Waals surface area contributed by atoms with Crippen LogP contribution in [0.15, 0.2) is 6.07 Å². The first kappa shape index (κ1) is 11.6. The lowest BCUT2D eigenvalue weighted by Gasteiger charge is -2.09. The van der Waals surface area contributed by atoms with Crippen molar-refractivity contribution >= 4 is 11.7 Å². The first-order valence-electron chi connectivity index (χ1n) is 5.22. The van der Waals surface area contributed by atoms with E-state index in [1.165, 1.54) is 0 Å². The average Bonchev–Trinajstić information content (AvgIpc) is 2.59. The summed E-state index contributed by atoms with van der Waals surface area (Å²) >= 11 is 0. The molecule has 1 aromatic rings. The Bertz CT molecular complexity index is 345. The molecule has 0 aromatic carbocycles. The molecule has 1 aromatic heterocycles. The van der Waals surface area contributed by atoms with Gasteiger partial charge >= 0.3 is 0 Å². The topological polar surface area (TPSA) is 72.9 Å². The third-order valence-electron chi connectivity index (χ3n) is 2.33. The number of aromatic nitrogens is 2. The fourth-order valence-electron chi connectivity index (χ4n) is 1.20. The van der Waals surface area contributed by atoms with Crippen molar-refractivity contribution in [2.24, 2.45) is 0 Å². The second kappa shape index (κ2) is 4.82. The van der Waals surface area contributed by atoms with Crippen molar-refractivity contribution in [2.75, 3.05) is 5.73 Å². The minimum atomic E-state index is -0.164. The highest BCUT2D eigenvalue weighted by atomic mass is 16.2. The number of amides is 1. The normalized spacial score (nSPS) is 12.5. The highest BCUT2D eigenvalue weighted by Crippen LogP contribution is 2.06. The molecule has 0 unspecified atom stereocenters. The summed E-state index contributed by atoms with van der Waals surface area (Å²) in [7, 11) is 0. The van der Waals surface area contributed by atoms with Crippen LogP contribution in [-0.2, 0) is 6.54 Å². The highest BCUT2D eigenvalue weighted by molar-refractivity contribution is 5.93. The van der Waals surface area contributed by atoms with Crippen LogP contribution in [0.5, 0.6) is 0 Å². The molecule has 5 heteroatoms. The third kappa shape index (κ3) is 2.71. The largest absolute Gasteiger partial charge is 0.384 e. The second-order valence-corrected chi connectivity index (χ2v) is 3.55. The van der Waals surface area contributed by atoms with E-state index in [0.29, 0.717) is 18.1 Å². The first-order valence-corrected chi connectivity index (χ1v) is 5.22. The van der Waals surface area contributed by atoms with E-state index in [4.69, 9.17) is 5.73 Å². The zero-order chi connectivity index (χ0) is 11.4. The van der Waals surface area contributed by atoms with E-state index >= 15 is 0 Å². The van der Waals surface area contributed by atoms with E-state index in [2.05, 4.69) is 10.4 Å². The summed E-state index contributed by atoms with van der Waals surface area (Å²) in [6.45, 7) is 6.57. The zero-order valence-electron chi connectivity index (χ0n) is 9.45. The van der Waals surface area contributed by atoms with E-state index in [1.54, 1.807) is 10.7 Å². The fourth-order valence-corrected chi connectivity index (χ4v) is 1.20. The molecule has 0 saturated carbocycles. The SMILES string of the molecule is CC[C@@H](C)NC(=O)c1cc(N)n(CC)n1. The quantitative estimate of drug-likeness (QED) is 0.779. The van der Waals surface area contributed by atoms with Crippen molar-refractivity contribution in [3.63, 3.8) is 0 Å². The molecular formula is C10H18N4O. The Morgan fingerprint density at radius 1 is 1.67 bits per heavy atom. The molecule has 0 bridgehead atoms. The molecule has 15 heavy (non-hydrogen) atoms. The molecule has 1 heterocycles. The summed E-state index contributed by atoms with van der Waals surface area (Å²) in [6, 6.07) is 1.76. The van der Waals surface area contributed by atoms with Crippen LogP contribution in [0.25, 0.3) is 0 Å². The van der Waals surface area contributed by atoms with Gasteiger partial charge in [0.1, 0.15) is 5.82 Å². The van der Waals surface area contributed by atoms with Gasteiger partial charge in [-0.25, -0.2) is 4.68 Å². The Hall–Kier alpha value is -1.52. The van der Waals surface area contributed by atoms with Crippen LogP contribution >= 0.6 is 0 Å². The van der Waals surface area contributed by atoms with Gasteiger partial charge in [-0.3, -0.25) is 4.79 Å². The summed E-state index contributed by atoms with van der Waals surface area (Å²) < 4.78 is 1.60. The number of carbonyl (C=O) groups excluding carboxylic acids is 1. The lowest BCUT2D eigenvalue weighted by atomic mass is 10.2. The average molecular weight is 210 g/mol. The van der Waals surface area contributed by atoms with Gasteiger partial charge in [0.2, 0.25) is 0 Å². The number of nitrogens with one attached hydrogen (secondary N) is 1. The molecule has 0 spiro atoms. The Balaban J connectivity index is 2.74. The van der Waals surface area contributed by atoms with Crippen LogP contribution in [0.1, 0.15) is 37.7 Å². The summed E-state index contributed by atoms with van der Waals surface area (Å²) in [4.78, 5) is 11.7. The van der Waals surface area contributed by atoms with Crippen LogP contribution < -0.4 is 11.1 Å². The predicted molar refractivity (Wildman–Crippen MR) is 59.5 cm³/mol. The van der Waals surface area contributed by atoms with Gasteiger partial charge in [0.15, 0.2) is 5.69 Å². The van der Waals surface area contributed by atoms with E-state index < -0.39 is 0 Å². The molecule has 0 radical (unpaired) electrons. The number of hydrogen-bond donors (Lipinski definition) is 2. The Morgan fingerprint density at radius 2 is 2.33 bits per heavy atom. The fraction of sp³-hybridized carbons (Fsp3) is 0.600. The summed E-state index contributed by atoms with van der Waals surface area (Å²) in [6.07, 6.45) is 0.899. The minimum Gasteiger partial charge on any atom is -0.384 e. The number of nitrogens with zero attached hydrogens (tertiary/aromatic N) is 2. The molecule has 84 valence electrons. The van der Waals surface area contributed by atoms with Crippen LogP contribution in [-0.4, -0.2) is 21.7 Å². The molecule has 0 aliphatic carbocycles. The van der Waals surface area contributed by atoms with Crippen LogP contribution in [0.3, 0.4) is 0 Å². The number of nitrogen functional groups attached to an aromatic ring is 1. The summed E-state index contributed by atoms with van der Waals surface area (Å²) in [5.74, 6) is 0.357. The van der Waals surface area contributed by atoms with Gasteiger partial charge in [0.25, 0.3) is 5.91 Å². The Morgan fingerprint density at radius 3 is 2.80 bits per heavy atom. The molecule has 3 N–H and O–H groups in total. The number of nitrogens with two attached hydrogens (primary N) is 1. The number of aryl methyl sites for hydroxylation is 1. The van der Waals surface area contributed by atoms with Crippen molar-refractivity contribution < 1.29 is 4.79 Å². The van der Waals surface area contributed by atoms with Gasteiger partial charge < -0.3 is 11.1 Å². The first-order chi connectivity index (χ1) is 7.08. The monoisotopic (exact) mass is 210 g/mol. The van der Waals surface area contributed by atoms with Crippen molar-refractivity contribution in [1.82, 2.24) is 15.1 Å². The number of carbonyl (C=O) groups is 1. The van der Waals surface area contributed by atoms with Crippen LogP contribution in [0, 0.1) is 0 Å². The van der Waals surface area contributed by atoms with E-state index in [-0.39, 0.29) is 11.9 Å². The molecule has 5 nitrogen and oxygen atoms in total. The highest BCUT2D eigenvalue weighted by Gasteiger charge is 2.13. The maximum atomic E-state index is 11.7. The van der Waals surface area contributed by atoms with Crippen molar-refractivity contribution in [2.45, 2.75) is 39.8 Å². The van der Waals surface area contributed by atoms with Crippen molar-refractivity contribution in [3.05, 3.63) is 11.8 Å². The predicted octanol–water partition coefficient (Wildman–Crippen LogP) is 1.01. The van der Waals surface area contributed by atoms with Gasteiger partial charge in [-0.2, -0.15) is 5.10 Å². The maximum Gasteiger partial charge on any atom is 0.272 e. The second-order valence-electron chi connectivity index (χ2n) is 3.55. The van der Waals surface area contributed by atoms with Crippen molar-refractivity contribution in [3.8, 4) is 0 Å². The van der Waals surface area contributed by atoms with Gasteiger partial charge in [-0.05, 0) is 20.3 Å². The van der Waals surface area contributed by atoms with E-state index in [0.717, 1.165) is 6.42 Å². The standard InChI is InChI=1S/C10H18N4O/c1-4-7(3)12-10(15)8-6-9(11)14(5-2)13-8/h6-7H,4-5,11H2,1-3H3,(H,12,15)/t7-/m1/s1. The summed E-state index contributed by atoms with van der Waals surface area (Å²) in [5.41, 5.74) is 6.06. The molecule has 0 aliphatic heterocycles. The van der Waals surface area contributed by atoms with Crippen LogP contribution in [0.4, 0.5) is 5.82 Å². The van der Waals surface area contributed by atoms with Gasteiger partial charge in [-0.1, -0.05) is 6.92 Å². The van der Waals surface area contributed by atoms with Crippen molar-refractivity contribution in [1.29, 1.82) is 0 Å². The smallest absolute Gasteiger partial charge is 0.272 e. The number of anilines is 1.